The first-order chi connectivity index (χ1) is 21.6. The summed E-state index contributed by atoms with van der Waals surface area (Å²) in [4.78, 5) is 30.0. The molecule has 1 aliphatic heterocycles. The topological polar surface area (TPSA) is 94.5 Å². The summed E-state index contributed by atoms with van der Waals surface area (Å²) in [7, 11) is 1.64. The number of aromatic nitrogens is 2. The van der Waals surface area contributed by atoms with E-state index in [1.54, 1.807) is 43.6 Å². The summed E-state index contributed by atoms with van der Waals surface area (Å²) in [6, 6.07) is 41.3. The van der Waals surface area contributed by atoms with Crippen molar-refractivity contribution < 1.29 is 14.3 Å². The minimum Gasteiger partial charge on any atom is -0.382 e. The minimum absolute atomic E-state index is 0.178. The monoisotopic (exact) mass is 586 g/mol. The molecule has 2 heterocycles. The molecule has 1 aliphatic rings. The van der Waals surface area contributed by atoms with E-state index in [4.69, 9.17) is 9.47 Å². The molecule has 8 heteroatoms. The molecule has 3 unspecified atom stereocenters. The maximum Gasteiger partial charge on any atom is 0.351 e. The molecular weight excluding hydrogens is 552 g/mol. The van der Waals surface area contributed by atoms with Gasteiger partial charge in [-0.1, -0.05) is 109 Å². The van der Waals surface area contributed by atoms with Crippen LogP contribution in [-0.4, -0.2) is 41.3 Å². The summed E-state index contributed by atoms with van der Waals surface area (Å²) in [6.07, 6.45) is 1.15. The normalized spacial score (nSPS) is 18.2. The Morgan fingerprint density at radius 1 is 0.841 bits per heavy atom. The second kappa shape index (κ2) is 13.2. The smallest absolute Gasteiger partial charge is 0.351 e. The number of hydrogen-bond donors (Lipinski definition) is 2. The van der Waals surface area contributed by atoms with Crippen LogP contribution in [0.4, 0.5) is 5.82 Å². The predicted octanol–water partition coefficient (Wildman–Crippen LogP) is 5.38. The van der Waals surface area contributed by atoms with Crippen LogP contribution < -0.4 is 16.3 Å². The highest BCUT2D eigenvalue weighted by Crippen LogP contribution is 2.40. The van der Waals surface area contributed by atoms with E-state index >= 15 is 0 Å². The maximum atomic E-state index is 13.2. The van der Waals surface area contributed by atoms with Gasteiger partial charge >= 0.3 is 5.69 Å². The standard InChI is InChI=1S/C36H34N4O4/c1-43-25-31-30(24-33(44-31)40-23-22-32(38-35(40)42)37-34(41)26-14-6-2-7-15-26)39-36(27-16-8-3-9-17-27,28-18-10-4-11-19-28)29-20-12-5-13-21-29/h2-23,30-31,33,39H,24-25H2,1H3,(H,37,38,41,42). The molecule has 3 atom stereocenters. The maximum absolute atomic E-state index is 13.2. The van der Waals surface area contributed by atoms with Crippen molar-refractivity contribution in [3.05, 3.63) is 166 Å². The molecule has 0 saturated carbocycles. The number of carbonyl (C=O) groups excluding carboxylic acids is 1. The zero-order valence-electron chi connectivity index (χ0n) is 24.4. The Morgan fingerprint density at radius 2 is 1.36 bits per heavy atom. The van der Waals surface area contributed by atoms with Gasteiger partial charge in [0.25, 0.3) is 5.91 Å². The number of ether oxygens (including phenoxy) is 2. The third-order valence-corrected chi connectivity index (χ3v) is 8.01. The quantitative estimate of drug-likeness (QED) is 0.214. The number of hydrogen-bond acceptors (Lipinski definition) is 6. The van der Waals surface area contributed by atoms with Crippen LogP contribution in [0.1, 0.15) is 39.7 Å². The van der Waals surface area contributed by atoms with E-state index in [1.807, 2.05) is 60.7 Å². The van der Waals surface area contributed by atoms with E-state index in [1.165, 1.54) is 4.57 Å². The summed E-state index contributed by atoms with van der Waals surface area (Å²) in [5.41, 5.74) is 2.48. The van der Waals surface area contributed by atoms with E-state index in [9.17, 15) is 9.59 Å². The fraction of sp³-hybridized carbons (Fsp3) is 0.194. The van der Waals surface area contributed by atoms with Gasteiger partial charge in [0.1, 0.15) is 12.0 Å². The molecule has 5 aromatic rings. The van der Waals surface area contributed by atoms with E-state index in [-0.39, 0.29) is 23.9 Å². The third kappa shape index (κ3) is 5.96. The van der Waals surface area contributed by atoms with Crippen LogP contribution in [0.15, 0.2) is 138 Å². The lowest BCUT2D eigenvalue weighted by molar-refractivity contribution is -0.0390. The van der Waals surface area contributed by atoms with Gasteiger partial charge in [-0.15, -0.1) is 0 Å². The summed E-state index contributed by atoms with van der Waals surface area (Å²) in [5.74, 6) is -0.159. The molecule has 6 rings (SSSR count). The lowest BCUT2D eigenvalue weighted by Gasteiger charge is -2.40. The fourth-order valence-corrected chi connectivity index (χ4v) is 5.94. The SMILES string of the molecule is COCC1OC(n2ccc(NC(=O)c3ccccc3)nc2=O)CC1NC(c1ccccc1)(c1ccccc1)c1ccccc1. The molecule has 1 saturated heterocycles. The van der Waals surface area contributed by atoms with Crippen LogP contribution in [0.2, 0.25) is 0 Å². The molecule has 0 bridgehead atoms. The van der Waals surface area contributed by atoms with Gasteiger partial charge in [0.05, 0.1) is 18.2 Å². The van der Waals surface area contributed by atoms with Crippen molar-refractivity contribution in [3.63, 3.8) is 0 Å². The van der Waals surface area contributed by atoms with Crippen molar-refractivity contribution in [2.45, 2.75) is 30.3 Å². The Kier molecular flexibility index (Phi) is 8.74. The Balaban J connectivity index is 1.33. The first-order valence-electron chi connectivity index (χ1n) is 14.6. The second-order valence-electron chi connectivity index (χ2n) is 10.7. The Morgan fingerprint density at radius 3 is 1.86 bits per heavy atom. The molecule has 1 fully saturated rings. The number of methoxy groups -OCH3 is 1. The van der Waals surface area contributed by atoms with Crippen LogP contribution in [0.5, 0.6) is 0 Å². The van der Waals surface area contributed by atoms with Crippen LogP contribution in [-0.2, 0) is 15.0 Å². The lowest BCUT2D eigenvalue weighted by atomic mass is 9.76. The number of nitrogens with one attached hydrogen (secondary N) is 2. The van der Waals surface area contributed by atoms with Gasteiger partial charge < -0.3 is 14.8 Å². The van der Waals surface area contributed by atoms with Crippen molar-refractivity contribution >= 4 is 11.7 Å². The van der Waals surface area contributed by atoms with Gasteiger partial charge in [-0.05, 0) is 34.9 Å². The summed E-state index contributed by atoms with van der Waals surface area (Å²) in [6.45, 7) is 0.329. The number of benzene rings is 4. The van der Waals surface area contributed by atoms with E-state index in [2.05, 4.69) is 52.0 Å². The van der Waals surface area contributed by atoms with Gasteiger partial charge in [-0.2, -0.15) is 4.98 Å². The van der Waals surface area contributed by atoms with Gasteiger partial charge in [0.15, 0.2) is 0 Å². The molecule has 1 amide bonds. The van der Waals surface area contributed by atoms with Gasteiger partial charge in [0.2, 0.25) is 0 Å². The van der Waals surface area contributed by atoms with Gasteiger partial charge in [0, 0.05) is 31.3 Å². The highest BCUT2D eigenvalue weighted by Gasteiger charge is 2.44. The number of rotatable bonds is 10. The zero-order valence-corrected chi connectivity index (χ0v) is 24.4. The lowest BCUT2D eigenvalue weighted by Crippen LogP contribution is -2.53. The molecule has 222 valence electrons. The molecule has 0 radical (unpaired) electrons. The summed E-state index contributed by atoms with van der Waals surface area (Å²) >= 11 is 0. The number of nitrogens with zero attached hydrogens (tertiary/aromatic N) is 2. The number of anilines is 1. The second-order valence-corrected chi connectivity index (χ2v) is 10.7. The Hall–Kier alpha value is -4.89. The minimum atomic E-state index is -0.715. The number of amides is 1. The van der Waals surface area contributed by atoms with Crippen molar-refractivity contribution in [3.8, 4) is 0 Å². The predicted molar refractivity (Wildman–Crippen MR) is 169 cm³/mol. The van der Waals surface area contributed by atoms with E-state index in [0.29, 0.717) is 18.6 Å². The molecular formula is C36H34N4O4. The van der Waals surface area contributed by atoms with Crippen molar-refractivity contribution in [1.82, 2.24) is 14.9 Å². The van der Waals surface area contributed by atoms with Crippen molar-refractivity contribution in [2.75, 3.05) is 19.0 Å². The fourth-order valence-electron chi connectivity index (χ4n) is 5.94. The Bertz CT molecular complexity index is 1630. The van der Waals surface area contributed by atoms with Crippen LogP contribution in [0.25, 0.3) is 0 Å². The van der Waals surface area contributed by atoms with Crippen LogP contribution >= 0.6 is 0 Å². The van der Waals surface area contributed by atoms with Crippen LogP contribution in [0.3, 0.4) is 0 Å². The average Bonchev–Trinajstić information content (AvgIpc) is 3.47. The molecule has 1 aromatic heterocycles. The zero-order chi connectivity index (χ0) is 30.4. The van der Waals surface area contributed by atoms with Crippen LogP contribution in [0, 0.1) is 0 Å². The highest BCUT2D eigenvalue weighted by atomic mass is 16.5. The third-order valence-electron chi connectivity index (χ3n) is 8.01. The molecule has 2 N–H and O–H groups in total. The van der Waals surface area contributed by atoms with Gasteiger partial charge in [-0.25, -0.2) is 4.79 Å². The highest BCUT2D eigenvalue weighted by molar-refractivity contribution is 6.03. The van der Waals surface area contributed by atoms with E-state index in [0.717, 1.165) is 16.7 Å². The molecule has 44 heavy (non-hydrogen) atoms. The van der Waals surface area contributed by atoms with Crippen molar-refractivity contribution in [1.29, 1.82) is 0 Å². The average molecular weight is 587 g/mol. The first-order valence-corrected chi connectivity index (χ1v) is 14.6. The van der Waals surface area contributed by atoms with Crippen molar-refractivity contribution in [2.24, 2.45) is 0 Å². The summed E-state index contributed by atoms with van der Waals surface area (Å²) in [5, 5.41) is 6.69. The molecule has 0 spiro atoms. The first kappa shape index (κ1) is 29.2. The van der Waals surface area contributed by atoms with Gasteiger partial charge in [-0.3, -0.25) is 14.7 Å². The molecule has 4 aromatic carbocycles. The number of carbonyl (C=O) groups is 1. The molecule has 8 nitrogen and oxygen atoms in total. The largest absolute Gasteiger partial charge is 0.382 e. The Labute approximate surface area is 256 Å². The summed E-state index contributed by atoms with van der Waals surface area (Å²) < 4.78 is 13.5. The molecule has 0 aliphatic carbocycles. The van der Waals surface area contributed by atoms with E-state index < -0.39 is 17.5 Å².